The van der Waals surface area contributed by atoms with Gasteiger partial charge in [0.05, 0.1) is 0 Å². The summed E-state index contributed by atoms with van der Waals surface area (Å²) in [4.78, 5) is 0. The highest BCUT2D eigenvalue weighted by Gasteiger charge is 2.00. The van der Waals surface area contributed by atoms with Crippen molar-refractivity contribution in [1.82, 2.24) is 5.32 Å². The molecule has 1 N–H and O–H groups in total. The minimum atomic E-state index is 0.381. The Balaban J connectivity index is 1.81. The lowest BCUT2D eigenvalue weighted by molar-refractivity contribution is 0.618. The van der Waals surface area contributed by atoms with E-state index in [0.29, 0.717) is 6.04 Å². The molecule has 0 unspecified atom stereocenters. The third-order valence-electron chi connectivity index (χ3n) is 2.95. The Kier molecular flexibility index (Phi) is 4.74. The molecule has 92 valence electrons. The van der Waals surface area contributed by atoms with Gasteiger partial charge in [-0.1, -0.05) is 72.8 Å². The van der Waals surface area contributed by atoms with Gasteiger partial charge in [0.1, 0.15) is 0 Å². The van der Waals surface area contributed by atoms with E-state index >= 15 is 0 Å². The summed E-state index contributed by atoms with van der Waals surface area (Å²) in [5.74, 6) is 0. The summed E-state index contributed by atoms with van der Waals surface area (Å²) in [6, 6.07) is 21.2. The lowest BCUT2D eigenvalue weighted by atomic mass is 10.1. The highest BCUT2D eigenvalue weighted by atomic mass is 14.9. The molecule has 0 aliphatic carbocycles. The molecule has 0 spiro atoms. The van der Waals surface area contributed by atoms with Crippen molar-refractivity contribution in [1.29, 1.82) is 0 Å². The van der Waals surface area contributed by atoms with E-state index in [4.69, 9.17) is 0 Å². The van der Waals surface area contributed by atoms with Gasteiger partial charge in [-0.25, -0.2) is 0 Å². The van der Waals surface area contributed by atoms with Crippen LogP contribution in [-0.4, -0.2) is 6.54 Å². The number of benzene rings is 2. The largest absolute Gasteiger partial charge is 0.307 e. The van der Waals surface area contributed by atoms with Crippen LogP contribution in [0.25, 0.3) is 6.08 Å². The van der Waals surface area contributed by atoms with Crippen molar-refractivity contribution in [2.45, 2.75) is 13.0 Å². The minimum absolute atomic E-state index is 0.381. The fourth-order valence-corrected chi connectivity index (χ4v) is 1.86. The third kappa shape index (κ3) is 3.86. The number of rotatable bonds is 5. The molecular formula is C17H19N. The summed E-state index contributed by atoms with van der Waals surface area (Å²) in [6.45, 7) is 3.07. The van der Waals surface area contributed by atoms with Crippen molar-refractivity contribution in [3.8, 4) is 0 Å². The van der Waals surface area contributed by atoms with Gasteiger partial charge in [0.25, 0.3) is 0 Å². The van der Waals surface area contributed by atoms with Gasteiger partial charge >= 0.3 is 0 Å². The van der Waals surface area contributed by atoms with Crippen molar-refractivity contribution < 1.29 is 0 Å². The maximum Gasteiger partial charge on any atom is 0.0294 e. The summed E-state index contributed by atoms with van der Waals surface area (Å²) in [7, 11) is 0. The average Bonchev–Trinajstić information content (AvgIpc) is 2.45. The monoisotopic (exact) mass is 237 g/mol. The standard InChI is InChI=1S/C17H19N/c1-15(17-12-6-3-7-13-17)18-14-8-11-16-9-4-2-5-10-16/h2-13,15,18H,14H2,1H3/b11-8+/t15-/m0/s1. The second-order valence-corrected chi connectivity index (χ2v) is 4.35. The van der Waals surface area contributed by atoms with Crippen LogP contribution in [0, 0.1) is 0 Å². The van der Waals surface area contributed by atoms with Gasteiger partial charge < -0.3 is 5.32 Å². The van der Waals surface area contributed by atoms with Gasteiger partial charge in [-0.3, -0.25) is 0 Å². The van der Waals surface area contributed by atoms with Crippen molar-refractivity contribution in [3.05, 3.63) is 77.9 Å². The first-order chi connectivity index (χ1) is 8.86. The van der Waals surface area contributed by atoms with Gasteiger partial charge in [-0.15, -0.1) is 0 Å². The molecule has 0 aliphatic rings. The second-order valence-electron chi connectivity index (χ2n) is 4.35. The van der Waals surface area contributed by atoms with E-state index in [2.05, 4.69) is 72.9 Å². The van der Waals surface area contributed by atoms with Crippen LogP contribution < -0.4 is 5.32 Å². The van der Waals surface area contributed by atoms with Gasteiger partial charge in [0, 0.05) is 12.6 Å². The molecule has 0 radical (unpaired) electrons. The zero-order chi connectivity index (χ0) is 12.6. The Labute approximate surface area is 109 Å². The van der Waals surface area contributed by atoms with Gasteiger partial charge in [-0.2, -0.15) is 0 Å². The van der Waals surface area contributed by atoms with E-state index in [0.717, 1.165) is 6.54 Å². The van der Waals surface area contributed by atoms with Crippen molar-refractivity contribution in [2.24, 2.45) is 0 Å². The van der Waals surface area contributed by atoms with Crippen molar-refractivity contribution >= 4 is 6.08 Å². The molecule has 0 amide bonds. The van der Waals surface area contributed by atoms with E-state index in [1.165, 1.54) is 11.1 Å². The Hall–Kier alpha value is -1.86. The predicted octanol–water partition coefficient (Wildman–Crippen LogP) is 4.05. The normalized spacial score (nSPS) is 12.7. The minimum Gasteiger partial charge on any atom is -0.307 e. The van der Waals surface area contributed by atoms with E-state index in [-0.39, 0.29) is 0 Å². The third-order valence-corrected chi connectivity index (χ3v) is 2.95. The molecule has 2 aromatic rings. The lowest BCUT2D eigenvalue weighted by Gasteiger charge is -2.12. The van der Waals surface area contributed by atoms with E-state index in [1.807, 2.05) is 12.1 Å². The highest BCUT2D eigenvalue weighted by molar-refractivity contribution is 5.48. The number of hydrogen-bond donors (Lipinski definition) is 1. The zero-order valence-electron chi connectivity index (χ0n) is 10.7. The van der Waals surface area contributed by atoms with Crippen LogP contribution in [0.4, 0.5) is 0 Å². The van der Waals surface area contributed by atoms with Gasteiger partial charge in [-0.05, 0) is 18.1 Å². The van der Waals surface area contributed by atoms with Crippen LogP contribution in [0.1, 0.15) is 24.1 Å². The molecule has 0 bridgehead atoms. The van der Waals surface area contributed by atoms with E-state index in [1.54, 1.807) is 0 Å². The van der Waals surface area contributed by atoms with Crippen LogP contribution in [0.3, 0.4) is 0 Å². The number of hydrogen-bond acceptors (Lipinski definition) is 1. The fraction of sp³-hybridized carbons (Fsp3) is 0.176. The molecule has 1 heteroatoms. The van der Waals surface area contributed by atoms with E-state index < -0.39 is 0 Å². The van der Waals surface area contributed by atoms with Crippen molar-refractivity contribution in [3.63, 3.8) is 0 Å². The van der Waals surface area contributed by atoms with Crippen LogP contribution in [0.15, 0.2) is 66.7 Å². The second kappa shape index (κ2) is 6.77. The summed E-state index contributed by atoms with van der Waals surface area (Å²) < 4.78 is 0. The summed E-state index contributed by atoms with van der Waals surface area (Å²) in [6.07, 6.45) is 4.31. The van der Waals surface area contributed by atoms with E-state index in [9.17, 15) is 0 Å². The first-order valence-corrected chi connectivity index (χ1v) is 6.36. The Morgan fingerprint density at radius 3 is 2.22 bits per heavy atom. The highest BCUT2D eigenvalue weighted by Crippen LogP contribution is 2.10. The molecule has 2 aromatic carbocycles. The molecule has 0 fully saturated rings. The fourth-order valence-electron chi connectivity index (χ4n) is 1.86. The predicted molar refractivity (Wildman–Crippen MR) is 78.3 cm³/mol. The lowest BCUT2D eigenvalue weighted by Crippen LogP contribution is -2.18. The maximum absolute atomic E-state index is 3.48. The molecule has 0 aromatic heterocycles. The quantitative estimate of drug-likeness (QED) is 0.827. The van der Waals surface area contributed by atoms with Crippen LogP contribution in [-0.2, 0) is 0 Å². The average molecular weight is 237 g/mol. The van der Waals surface area contributed by atoms with Gasteiger partial charge in [0.15, 0.2) is 0 Å². The summed E-state index contributed by atoms with van der Waals surface area (Å²) >= 11 is 0. The smallest absolute Gasteiger partial charge is 0.0294 e. The summed E-state index contributed by atoms with van der Waals surface area (Å²) in [5, 5.41) is 3.48. The molecule has 1 nitrogen and oxygen atoms in total. The van der Waals surface area contributed by atoms with Crippen molar-refractivity contribution in [2.75, 3.05) is 6.54 Å². The molecule has 0 saturated heterocycles. The zero-order valence-corrected chi connectivity index (χ0v) is 10.7. The number of nitrogens with one attached hydrogen (secondary N) is 1. The maximum atomic E-state index is 3.48. The van der Waals surface area contributed by atoms with Crippen LogP contribution in [0.5, 0.6) is 0 Å². The van der Waals surface area contributed by atoms with Gasteiger partial charge in [0.2, 0.25) is 0 Å². The molecule has 0 heterocycles. The Bertz CT molecular complexity index is 473. The van der Waals surface area contributed by atoms with Crippen LogP contribution in [0.2, 0.25) is 0 Å². The molecule has 0 aliphatic heterocycles. The first kappa shape index (κ1) is 12.6. The molecular weight excluding hydrogens is 218 g/mol. The molecule has 2 rings (SSSR count). The Morgan fingerprint density at radius 1 is 0.944 bits per heavy atom. The van der Waals surface area contributed by atoms with Crippen LogP contribution >= 0.6 is 0 Å². The summed E-state index contributed by atoms with van der Waals surface area (Å²) in [5.41, 5.74) is 2.57. The first-order valence-electron chi connectivity index (χ1n) is 6.36. The SMILES string of the molecule is C[C@H](NC/C=C/c1ccccc1)c1ccccc1. The molecule has 18 heavy (non-hydrogen) atoms. The molecule has 0 saturated carbocycles. The topological polar surface area (TPSA) is 12.0 Å². The Morgan fingerprint density at radius 2 is 1.56 bits per heavy atom. The molecule has 1 atom stereocenters.